The summed E-state index contributed by atoms with van der Waals surface area (Å²) in [5.41, 5.74) is 2.62. The van der Waals surface area contributed by atoms with Crippen molar-refractivity contribution in [3.8, 4) is 28.5 Å². The van der Waals surface area contributed by atoms with Gasteiger partial charge in [-0.15, -0.1) is 11.3 Å². The zero-order valence-corrected chi connectivity index (χ0v) is 15.3. The largest absolute Gasteiger partial charge is 0.497 e. The Kier molecular flexibility index (Phi) is 4.76. The number of amides is 1. The Labute approximate surface area is 160 Å². The summed E-state index contributed by atoms with van der Waals surface area (Å²) in [4.78, 5) is 16.6. The first kappa shape index (κ1) is 17.1. The topological polar surface area (TPSA) is 69.7 Å². The molecular formula is C20H16N2O4S. The molecule has 1 amide bonds. The maximum Gasteiger partial charge on any atom is 0.250 e. The fourth-order valence-corrected chi connectivity index (χ4v) is 3.28. The average molecular weight is 380 g/mol. The number of benzene rings is 2. The second-order valence-corrected chi connectivity index (χ2v) is 6.56. The Morgan fingerprint density at radius 1 is 1.19 bits per heavy atom. The van der Waals surface area contributed by atoms with Crippen LogP contribution >= 0.6 is 11.3 Å². The minimum Gasteiger partial charge on any atom is -0.497 e. The zero-order chi connectivity index (χ0) is 18.6. The molecule has 136 valence electrons. The van der Waals surface area contributed by atoms with Crippen LogP contribution in [0.4, 0.5) is 5.13 Å². The van der Waals surface area contributed by atoms with Crippen molar-refractivity contribution in [1.82, 2.24) is 4.98 Å². The van der Waals surface area contributed by atoms with Crippen LogP contribution in [0.2, 0.25) is 0 Å². The van der Waals surface area contributed by atoms with Gasteiger partial charge in [0.1, 0.15) is 5.75 Å². The van der Waals surface area contributed by atoms with Crippen LogP contribution in [-0.2, 0) is 4.79 Å². The van der Waals surface area contributed by atoms with Crippen LogP contribution in [0.5, 0.6) is 17.2 Å². The van der Waals surface area contributed by atoms with Crippen molar-refractivity contribution in [2.45, 2.75) is 0 Å². The van der Waals surface area contributed by atoms with Crippen LogP contribution in [0.1, 0.15) is 5.56 Å². The van der Waals surface area contributed by atoms with Crippen LogP contribution in [0.25, 0.3) is 17.3 Å². The van der Waals surface area contributed by atoms with Crippen LogP contribution in [0.15, 0.2) is 53.9 Å². The summed E-state index contributed by atoms with van der Waals surface area (Å²) in [6, 6.07) is 13.1. The first-order valence-electron chi connectivity index (χ1n) is 8.20. The molecule has 4 rings (SSSR count). The number of hydrogen-bond donors (Lipinski definition) is 1. The molecule has 6 nitrogen and oxygen atoms in total. The third-order valence-corrected chi connectivity index (χ3v) is 4.70. The molecule has 27 heavy (non-hydrogen) atoms. The number of nitrogens with one attached hydrogen (secondary N) is 1. The fourth-order valence-electron chi connectivity index (χ4n) is 2.56. The van der Waals surface area contributed by atoms with Crippen molar-refractivity contribution in [2.75, 3.05) is 19.2 Å². The van der Waals surface area contributed by atoms with E-state index in [1.165, 1.54) is 17.4 Å². The van der Waals surface area contributed by atoms with Gasteiger partial charge in [0, 0.05) is 17.0 Å². The Morgan fingerprint density at radius 2 is 2.00 bits per heavy atom. The quantitative estimate of drug-likeness (QED) is 0.672. The normalized spacial score (nSPS) is 12.3. The summed E-state index contributed by atoms with van der Waals surface area (Å²) in [6.07, 6.45) is 3.18. The number of nitrogens with zero attached hydrogens (tertiary/aromatic N) is 1. The van der Waals surface area contributed by atoms with Crippen molar-refractivity contribution in [3.63, 3.8) is 0 Å². The van der Waals surface area contributed by atoms with E-state index >= 15 is 0 Å². The number of thiazole rings is 1. The predicted octanol–water partition coefficient (Wildman–Crippen LogP) is 4.20. The van der Waals surface area contributed by atoms with Gasteiger partial charge in [-0.3, -0.25) is 10.1 Å². The SMILES string of the molecule is COc1ccc(-c2csc(NC(=O)/C=C/c3ccc4c(c3)OCO4)n2)cc1. The van der Waals surface area contributed by atoms with Crippen molar-refractivity contribution in [2.24, 2.45) is 0 Å². The van der Waals surface area contributed by atoms with Crippen molar-refractivity contribution >= 4 is 28.5 Å². The van der Waals surface area contributed by atoms with Crippen LogP contribution in [-0.4, -0.2) is 24.8 Å². The third-order valence-electron chi connectivity index (χ3n) is 3.94. The monoisotopic (exact) mass is 380 g/mol. The average Bonchev–Trinajstić information content (AvgIpc) is 3.35. The molecule has 1 aliphatic rings. The number of fused-ring (bicyclic) bond motifs is 1. The lowest BCUT2D eigenvalue weighted by molar-refractivity contribution is -0.111. The van der Waals surface area contributed by atoms with Gasteiger partial charge in [-0.25, -0.2) is 4.98 Å². The molecule has 0 saturated carbocycles. The zero-order valence-electron chi connectivity index (χ0n) is 14.5. The van der Waals surface area contributed by atoms with E-state index in [0.29, 0.717) is 16.6 Å². The second kappa shape index (κ2) is 7.51. The van der Waals surface area contributed by atoms with Crippen molar-refractivity contribution in [1.29, 1.82) is 0 Å². The molecule has 0 spiro atoms. The first-order chi connectivity index (χ1) is 13.2. The fraction of sp³-hybridized carbons (Fsp3) is 0.100. The van der Waals surface area contributed by atoms with E-state index in [1.54, 1.807) is 13.2 Å². The van der Waals surface area contributed by atoms with Crippen LogP contribution < -0.4 is 19.5 Å². The Hall–Kier alpha value is -3.32. The lowest BCUT2D eigenvalue weighted by atomic mass is 10.2. The van der Waals surface area contributed by atoms with E-state index in [-0.39, 0.29) is 12.7 Å². The van der Waals surface area contributed by atoms with E-state index in [9.17, 15) is 4.79 Å². The molecule has 2 aromatic carbocycles. The van der Waals surface area contributed by atoms with Crippen molar-refractivity contribution in [3.05, 3.63) is 59.5 Å². The number of aromatic nitrogens is 1. The molecule has 0 bridgehead atoms. The molecule has 0 saturated heterocycles. The summed E-state index contributed by atoms with van der Waals surface area (Å²) in [6.45, 7) is 0.226. The molecule has 7 heteroatoms. The standard InChI is InChI=1S/C20H16N2O4S/c1-24-15-6-4-14(5-7-15)16-11-27-20(21-16)22-19(23)9-3-13-2-8-17-18(10-13)26-12-25-17/h2-11H,12H2,1H3,(H,21,22,23)/b9-3+. The Balaban J connectivity index is 1.40. The summed E-state index contributed by atoms with van der Waals surface area (Å²) in [5, 5.41) is 5.22. The highest BCUT2D eigenvalue weighted by Crippen LogP contribution is 2.32. The van der Waals surface area contributed by atoms with Gasteiger partial charge in [0.25, 0.3) is 0 Å². The molecular weight excluding hydrogens is 364 g/mol. The van der Waals surface area contributed by atoms with Crippen molar-refractivity contribution < 1.29 is 19.0 Å². The van der Waals surface area contributed by atoms with E-state index in [0.717, 1.165) is 22.6 Å². The summed E-state index contributed by atoms with van der Waals surface area (Å²) < 4.78 is 15.8. The highest BCUT2D eigenvalue weighted by Gasteiger charge is 2.12. The van der Waals surface area contributed by atoms with Crippen LogP contribution in [0.3, 0.4) is 0 Å². The van der Waals surface area contributed by atoms with Gasteiger partial charge < -0.3 is 14.2 Å². The molecule has 1 aromatic heterocycles. The number of anilines is 1. The first-order valence-corrected chi connectivity index (χ1v) is 9.08. The van der Waals surface area contributed by atoms with E-state index in [4.69, 9.17) is 14.2 Å². The van der Waals surface area contributed by atoms with E-state index in [1.807, 2.05) is 47.8 Å². The third kappa shape index (κ3) is 3.93. The number of carbonyl (C=O) groups is 1. The maximum absolute atomic E-state index is 12.1. The predicted molar refractivity (Wildman–Crippen MR) is 104 cm³/mol. The highest BCUT2D eigenvalue weighted by atomic mass is 32.1. The molecule has 3 aromatic rings. The van der Waals surface area contributed by atoms with E-state index < -0.39 is 0 Å². The molecule has 1 N–H and O–H groups in total. The Morgan fingerprint density at radius 3 is 2.81 bits per heavy atom. The molecule has 0 aliphatic carbocycles. The molecule has 2 heterocycles. The van der Waals surface area contributed by atoms with Gasteiger partial charge in [-0.05, 0) is 48.0 Å². The number of rotatable bonds is 5. The van der Waals surface area contributed by atoms with Gasteiger partial charge in [-0.2, -0.15) is 0 Å². The smallest absolute Gasteiger partial charge is 0.250 e. The lowest BCUT2D eigenvalue weighted by Crippen LogP contribution is -2.07. The number of ether oxygens (including phenoxy) is 3. The Bertz CT molecular complexity index is 995. The molecule has 1 aliphatic heterocycles. The number of hydrogen-bond acceptors (Lipinski definition) is 6. The maximum atomic E-state index is 12.1. The van der Waals surface area contributed by atoms with Gasteiger partial charge in [0.05, 0.1) is 12.8 Å². The molecule has 0 atom stereocenters. The summed E-state index contributed by atoms with van der Waals surface area (Å²) >= 11 is 1.38. The molecule has 0 unspecified atom stereocenters. The van der Waals surface area contributed by atoms with Gasteiger partial charge in [0.15, 0.2) is 16.6 Å². The van der Waals surface area contributed by atoms with E-state index in [2.05, 4.69) is 10.3 Å². The summed E-state index contributed by atoms with van der Waals surface area (Å²) in [5.74, 6) is 1.94. The minimum atomic E-state index is -0.247. The number of carbonyl (C=O) groups excluding carboxylic acids is 1. The van der Waals surface area contributed by atoms with Gasteiger partial charge in [-0.1, -0.05) is 6.07 Å². The van der Waals surface area contributed by atoms with Gasteiger partial charge >= 0.3 is 0 Å². The lowest BCUT2D eigenvalue weighted by Gasteiger charge is -2.00. The van der Waals surface area contributed by atoms with Gasteiger partial charge in [0.2, 0.25) is 12.7 Å². The minimum absolute atomic E-state index is 0.226. The highest BCUT2D eigenvalue weighted by molar-refractivity contribution is 7.14. The molecule has 0 radical (unpaired) electrons. The molecule has 0 fully saturated rings. The summed E-state index contributed by atoms with van der Waals surface area (Å²) in [7, 11) is 1.63. The second-order valence-electron chi connectivity index (χ2n) is 5.70. The van der Waals surface area contributed by atoms with Crippen LogP contribution in [0, 0.1) is 0 Å². The number of methoxy groups -OCH3 is 1.